The molecule has 2 aliphatic rings. The predicted octanol–water partition coefficient (Wildman–Crippen LogP) is 3.81. The number of rotatable bonds is 5. The van der Waals surface area contributed by atoms with Crippen LogP contribution in [0.3, 0.4) is 0 Å². The van der Waals surface area contributed by atoms with E-state index in [0.29, 0.717) is 18.5 Å². The van der Waals surface area contributed by atoms with Crippen molar-refractivity contribution in [1.29, 1.82) is 0 Å². The summed E-state index contributed by atoms with van der Waals surface area (Å²) < 4.78 is 45.2. The first-order valence-electron chi connectivity index (χ1n) is 12.1. The molecule has 0 spiro atoms. The standard InChI is InChI=1S/C25H30F3N3O4/c1-35-21(32)10-9-20-22(17-5-3-2-4-6-17)31(24(34)29-20)19-8-7-16-11-13-30(14-12-18(16)15-19)23(33)25(26,27)28/h7-8,15,17H,2-6,9-14H2,1H3,(H,29,34). The summed E-state index contributed by atoms with van der Waals surface area (Å²) in [5, 5.41) is 0. The number of carbonyl (C=O) groups is 2. The lowest BCUT2D eigenvalue weighted by molar-refractivity contribution is -0.185. The van der Waals surface area contributed by atoms with Gasteiger partial charge >= 0.3 is 23.7 Å². The maximum Gasteiger partial charge on any atom is 0.471 e. The number of hydrogen-bond acceptors (Lipinski definition) is 4. The van der Waals surface area contributed by atoms with Crippen LogP contribution < -0.4 is 5.69 Å². The topological polar surface area (TPSA) is 84.4 Å². The van der Waals surface area contributed by atoms with E-state index in [0.717, 1.165) is 59.5 Å². The molecule has 4 rings (SSSR count). The van der Waals surface area contributed by atoms with Gasteiger partial charge in [-0.1, -0.05) is 25.3 Å². The van der Waals surface area contributed by atoms with Gasteiger partial charge in [0.25, 0.3) is 0 Å². The summed E-state index contributed by atoms with van der Waals surface area (Å²) in [7, 11) is 1.33. The average Bonchev–Trinajstić information content (AvgIpc) is 3.03. The number of aromatic nitrogens is 2. The highest BCUT2D eigenvalue weighted by molar-refractivity contribution is 5.82. The number of ether oxygens (including phenoxy) is 1. The first kappa shape index (κ1) is 25.1. The number of fused-ring (bicyclic) bond motifs is 1. The lowest BCUT2D eigenvalue weighted by atomic mass is 9.85. The number of aryl methyl sites for hydroxylation is 1. The summed E-state index contributed by atoms with van der Waals surface area (Å²) in [6.45, 7) is -0.0313. The number of nitrogens with zero attached hydrogens (tertiary/aromatic N) is 2. The fourth-order valence-electron chi connectivity index (χ4n) is 5.31. The second-order valence-corrected chi connectivity index (χ2v) is 9.28. The number of methoxy groups -OCH3 is 1. The van der Waals surface area contributed by atoms with Crippen molar-refractivity contribution in [3.63, 3.8) is 0 Å². The predicted molar refractivity (Wildman–Crippen MR) is 123 cm³/mol. The van der Waals surface area contributed by atoms with Crippen molar-refractivity contribution < 1.29 is 27.5 Å². The van der Waals surface area contributed by atoms with Crippen molar-refractivity contribution in [3.05, 3.63) is 51.2 Å². The quantitative estimate of drug-likeness (QED) is 0.642. The molecule has 0 saturated heterocycles. The minimum absolute atomic E-state index is 0.000205. The molecule has 190 valence electrons. The van der Waals surface area contributed by atoms with Gasteiger partial charge in [-0.25, -0.2) is 4.79 Å². The molecule has 2 aromatic rings. The number of amides is 1. The van der Waals surface area contributed by atoms with E-state index in [1.54, 1.807) is 4.57 Å². The highest BCUT2D eigenvalue weighted by Gasteiger charge is 2.42. The van der Waals surface area contributed by atoms with Crippen LogP contribution in [0.25, 0.3) is 5.69 Å². The largest absolute Gasteiger partial charge is 0.471 e. The van der Waals surface area contributed by atoms with Crippen molar-refractivity contribution in [3.8, 4) is 5.69 Å². The first-order valence-corrected chi connectivity index (χ1v) is 12.1. The Labute approximate surface area is 201 Å². The number of benzene rings is 1. The summed E-state index contributed by atoms with van der Waals surface area (Å²) >= 11 is 0. The van der Waals surface area contributed by atoms with Gasteiger partial charge in [0.2, 0.25) is 0 Å². The van der Waals surface area contributed by atoms with E-state index >= 15 is 0 Å². The van der Waals surface area contributed by atoms with Gasteiger partial charge in [0.05, 0.1) is 24.9 Å². The highest BCUT2D eigenvalue weighted by atomic mass is 19.4. The minimum atomic E-state index is -4.89. The summed E-state index contributed by atoms with van der Waals surface area (Å²) in [5.41, 5.74) is 3.65. The molecule has 7 nitrogen and oxygen atoms in total. The molecule has 1 amide bonds. The van der Waals surface area contributed by atoms with Gasteiger partial charge in [-0.05, 0) is 55.4 Å². The van der Waals surface area contributed by atoms with Crippen LogP contribution in [0.4, 0.5) is 13.2 Å². The number of alkyl halides is 3. The summed E-state index contributed by atoms with van der Waals surface area (Å²) in [5.74, 6) is -1.99. The molecular formula is C25H30F3N3O4. The Kier molecular flexibility index (Phi) is 7.37. The Hall–Kier alpha value is -3.04. The fraction of sp³-hybridized carbons (Fsp3) is 0.560. The number of H-pyrrole nitrogens is 1. The molecule has 1 aliphatic carbocycles. The zero-order chi connectivity index (χ0) is 25.2. The average molecular weight is 494 g/mol. The Morgan fingerprint density at radius 3 is 2.43 bits per heavy atom. The van der Waals surface area contributed by atoms with Gasteiger partial charge in [0.1, 0.15) is 0 Å². The van der Waals surface area contributed by atoms with Gasteiger partial charge in [0.15, 0.2) is 0 Å². The van der Waals surface area contributed by atoms with E-state index in [-0.39, 0.29) is 43.5 Å². The molecule has 1 aromatic carbocycles. The number of halogens is 3. The van der Waals surface area contributed by atoms with Crippen molar-refractivity contribution in [2.24, 2.45) is 0 Å². The van der Waals surface area contributed by atoms with Gasteiger partial charge in [-0.2, -0.15) is 13.2 Å². The monoisotopic (exact) mass is 493 g/mol. The van der Waals surface area contributed by atoms with Crippen molar-refractivity contribution in [2.75, 3.05) is 20.2 Å². The van der Waals surface area contributed by atoms with E-state index in [1.807, 2.05) is 18.2 Å². The van der Waals surface area contributed by atoms with E-state index in [9.17, 15) is 27.6 Å². The van der Waals surface area contributed by atoms with E-state index in [1.165, 1.54) is 7.11 Å². The van der Waals surface area contributed by atoms with Crippen LogP contribution in [0.2, 0.25) is 0 Å². The molecule has 2 heterocycles. The summed E-state index contributed by atoms with van der Waals surface area (Å²) in [4.78, 5) is 40.4. The molecule has 35 heavy (non-hydrogen) atoms. The van der Waals surface area contributed by atoms with Crippen LogP contribution >= 0.6 is 0 Å². The fourth-order valence-corrected chi connectivity index (χ4v) is 5.31. The van der Waals surface area contributed by atoms with Gasteiger partial charge in [-0.3, -0.25) is 14.2 Å². The van der Waals surface area contributed by atoms with Gasteiger partial charge in [-0.15, -0.1) is 0 Å². The van der Waals surface area contributed by atoms with Crippen LogP contribution in [0.5, 0.6) is 0 Å². The zero-order valence-electron chi connectivity index (χ0n) is 19.7. The summed E-state index contributed by atoms with van der Waals surface area (Å²) in [6.07, 6.45) is 1.39. The van der Waals surface area contributed by atoms with Crippen molar-refractivity contribution >= 4 is 11.9 Å². The maximum atomic E-state index is 13.1. The second kappa shape index (κ2) is 10.3. The van der Waals surface area contributed by atoms with Gasteiger partial charge in [0, 0.05) is 24.7 Å². The number of hydrogen-bond donors (Lipinski definition) is 1. The number of esters is 1. The minimum Gasteiger partial charge on any atom is -0.469 e. The summed E-state index contributed by atoms with van der Waals surface area (Å²) in [6, 6.07) is 5.50. The van der Waals surface area contributed by atoms with E-state index < -0.39 is 12.1 Å². The molecule has 1 saturated carbocycles. The molecular weight excluding hydrogens is 463 g/mol. The second-order valence-electron chi connectivity index (χ2n) is 9.28. The van der Waals surface area contributed by atoms with Crippen molar-refractivity contribution in [1.82, 2.24) is 14.5 Å². The first-order chi connectivity index (χ1) is 16.7. The van der Waals surface area contributed by atoms with Crippen LogP contribution in [-0.4, -0.2) is 52.7 Å². The smallest absolute Gasteiger partial charge is 0.469 e. The lowest BCUT2D eigenvalue weighted by Crippen LogP contribution is -2.42. The number of carbonyl (C=O) groups excluding carboxylic acids is 2. The molecule has 0 atom stereocenters. The van der Waals surface area contributed by atoms with Crippen LogP contribution in [0.15, 0.2) is 23.0 Å². The van der Waals surface area contributed by atoms with Crippen molar-refractivity contribution in [2.45, 2.75) is 69.9 Å². The lowest BCUT2D eigenvalue weighted by Gasteiger charge is -2.24. The van der Waals surface area contributed by atoms with Crippen LogP contribution in [-0.2, 0) is 33.6 Å². The molecule has 0 radical (unpaired) electrons. The van der Waals surface area contributed by atoms with E-state index in [4.69, 9.17) is 4.74 Å². The van der Waals surface area contributed by atoms with Crippen LogP contribution in [0, 0.1) is 0 Å². The zero-order valence-corrected chi connectivity index (χ0v) is 19.7. The maximum absolute atomic E-state index is 13.1. The Morgan fingerprint density at radius 1 is 1.09 bits per heavy atom. The number of aromatic amines is 1. The normalized spacial score (nSPS) is 17.1. The molecule has 10 heteroatoms. The molecule has 0 unspecified atom stereocenters. The third-order valence-electron chi connectivity index (χ3n) is 7.09. The molecule has 1 N–H and O–H groups in total. The molecule has 1 fully saturated rings. The number of nitrogens with one attached hydrogen (secondary N) is 1. The highest BCUT2D eigenvalue weighted by Crippen LogP contribution is 2.35. The Bertz CT molecular complexity index is 1150. The molecule has 1 aliphatic heterocycles. The Morgan fingerprint density at radius 2 is 1.77 bits per heavy atom. The van der Waals surface area contributed by atoms with Gasteiger partial charge < -0.3 is 14.6 Å². The SMILES string of the molecule is COC(=O)CCc1[nH]c(=O)n(-c2ccc3c(c2)CCN(C(=O)C(F)(F)F)CC3)c1C1CCCCC1. The van der Waals surface area contributed by atoms with Crippen LogP contribution in [0.1, 0.15) is 67.0 Å². The number of imidazole rings is 1. The van der Waals surface area contributed by atoms with E-state index in [2.05, 4.69) is 4.98 Å². The molecule has 1 aromatic heterocycles. The Balaban J connectivity index is 1.67. The third kappa shape index (κ3) is 5.46. The molecule has 0 bridgehead atoms. The third-order valence-corrected chi connectivity index (χ3v) is 7.09.